The maximum Gasteiger partial charge on any atom is 0.238 e. The van der Waals surface area contributed by atoms with Gasteiger partial charge >= 0.3 is 0 Å². The molecule has 0 saturated carbocycles. The van der Waals surface area contributed by atoms with Gasteiger partial charge in [0.2, 0.25) is 15.9 Å². The molecule has 0 aliphatic rings. The van der Waals surface area contributed by atoms with E-state index in [1.54, 1.807) is 67.0 Å². The summed E-state index contributed by atoms with van der Waals surface area (Å²) < 4.78 is 40.5. The Morgan fingerprint density at radius 2 is 1.79 bits per heavy atom. The quantitative estimate of drug-likeness (QED) is 0.371. The summed E-state index contributed by atoms with van der Waals surface area (Å²) in [6.07, 6.45) is 1.69. The molecule has 0 atom stereocenters. The average molecular weight is 477 g/mol. The summed E-state index contributed by atoms with van der Waals surface area (Å²) in [5.74, 6) is 1.13. The van der Waals surface area contributed by atoms with Gasteiger partial charge in [0.05, 0.1) is 5.69 Å². The Morgan fingerprint density at radius 1 is 1.00 bits per heavy atom. The van der Waals surface area contributed by atoms with Gasteiger partial charge in [-0.15, -0.1) is 10.2 Å². The third-order valence-electron chi connectivity index (χ3n) is 5.25. The van der Waals surface area contributed by atoms with Gasteiger partial charge in [-0.1, -0.05) is 17.3 Å². The molecule has 2 aromatic carbocycles. The number of anilines is 1. The van der Waals surface area contributed by atoms with Gasteiger partial charge in [0.15, 0.2) is 11.4 Å². The van der Waals surface area contributed by atoms with Gasteiger partial charge in [0, 0.05) is 22.8 Å². The predicted molar refractivity (Wildman–Crippen MR) is 125 cm³/mol. The molecule has 0 fully saturated rings. The molecule has 0 aliphatic carbocycles. The molecule has 0 amide bonds. The molecule has 0 radical (unpaired) electrons. The minimum Gasteiger partial charge on any atom is -0.438 e. The standard InChI is InChI=1S/C23H20N6O4S/c1-15-16(2)29(14-24-15)22-11-12-23(26-25-22)32-18-9-7-17(8-10-18)28-34(30,31)13-20-19-5-3-4-6-21(19)33-27-20/h3-12,14,28H,13H2,1-2H3. The number of imidazole rings is 1. The molecule has 1 N–H and O–H groups in total. The number of fused-ring (bicyclic) bond motifs is 1. The Labute approximate surface area is 195 Å². The summed E-state index contributed by atoms with van der Waals surface area (Å²) in [5.41, 5.74) is 3.20. The minimum atomic E-state index is -3.70. The van der Waals surface area contributed by atoms with Crippen molar-refractivity contribution in [1.82, 2.24) is 24.9 Å². The normalized spacial score (nSPS) is 11.6. The molecule has 0 unspecified atom stereocenters. The summed E-state index contributed by atoms with van der Waals surface area (Å²) in [4.78, 5) is 4.26. The number of nitrogens with zero attached hydrogens (tertiary/aromatic N) is 5. The van der Waals surface area contributed by atoms with Crippen LogP contribution in [-0.4, -0.2) is 33.3 Å². The van der Waals surface area contributed by atoms with E-state index in [1.807, 2.05) is 18.4 Å². The fourth-order valence-corrected chi connectivity index (χ4v) is 4.51. The van der Waals surface area contributed by atoms with Crippen LogP contribution < -0.4 is 9.46 Å². The highest BCUT2D eigenvalue weighted by Crippen LogP contribution is 2.24. The molecule has 5 aromatic rings. The second-order valence-corrected chi connectivity index (χ2v) is 9.35. The highest BCUT2D eigenvalue weighted by molar-refractivity contribution is 7.91. The van der Waals surface area contributed by atoms with Gasteiger partial charge in [-0.2, -0.15) is 0 Å². The molecule has 5 rings (SSSR count). The van der Waals surface area contributed by atoms with E-state index in [9.17, 15) is 8.42 Å². The fraction of sp³-hybridized carbons (Fsp3) is 0.130. The van der Waals surface area contributed by atoms with Gasteiger partial charge in [0.25, 0.3) is 0 Å². The first-order valence-corrected chi connectivity index (χ1v) is 12.0. The second-order valence-electron chi connectivity index (χ2n) is 7.63. The zero-order chi connectivity index (χ0) is 23.7. The number of para-hydroxylation sites is 1. The summed E-state index contributed by atoms with van der Waals surface area (Å²) in [5, 5.41) is 12.8. The highest BCUT2D eigenvalue weighted by atomic mass is 32.2. The number of rotatable bonds is 7. The number of hydrogen-bond donors (Lipinski definition) is 1. The largest absolute Gasteiger partial charge is 0.438 e. The van der Waals surface area contributed by atoms with Crippen molar-refractivity contribution in [3.8, 4) is 17.4 Å². The van der Waals surface area contributed by atoms with E-state index < -0.39 is 10.0 Å². The van der Waals surface area contributed by atoms with Crippen LogP contribution in [0.5, 0.6) is 11.6 Å². The van der Waals surface area contributed by atoms with Gasteiger partial charge in [0.1, 0.15) is 23.5 Å². The molecule has 0 saturated heterocycles. The molecule has 3 heterocycles. The third-order valence-corrected chi connectivity index (χ3v) is 6.45. The summed E-state index contributed by atoms with van der Waals surface area (Å²) in [6.45, 7) is 3.88. The van der Waals surface area contributed by atoms with Crippen molar-refractivity contribution in [2.45, 2.75) is 19.6 Å². The predicted octanol–water partition coefficient (Wildman–Crippen LogP) is 4.15. The van der Waals surface area contributed by atoms with Crippen molar-refractivity contribution in [2.75, 3.05) is 4.72 Å². The smallest absolute Gasteiger partial charge is 0.238 e. The Kier molecular flexibility index (Phi) is 5.46. The lowest BCUT2D eigenvalue weighted by molar-refractivity contribution is 0.448. The third kappa shape index (κ3) is 4.46. The van der Waals surface area contributed by atoms with Crippen molar-refractivity contribution in [3.63, 3.8) is 0 Å². The van der Waals surface area contributed by atoms with E-state index in [-0.39, 0.29) is 5.75 Å². The molecule has 10 nitrogen and oxygen atoms in total. The lowest BCUT2D eigenvalue weighted by Gasteiger charge is -2.09. The number of aryl methyl sites for hydroxylation is 1. The van der Waals surface area contributed by atoms with Crippen molar-refractivity contribution in [1.29, 1.82) is 0 Å². The van der Waals surface area contributed by atoms with Crippen LogP contribution in [0.25, 0.3) is 16.8 Å². The first-order chi connectivity index (χ1) is 16.4. The molecule has 172 valence electrons. The lowest BCUT2D eigenvalue weighted by Crippen LogP contribution is -2.15. The van der Waals surface area contributed by atoms with Crippen molar-refractivity contribution >= 4 is 26.7 Å². The molecule has 11 heteroatoms. The Hall–Kier alpha value is -4.25. The summed E-state index contributed by atoms with van der Waals surface area (Å²) in [6, 6.07) is 17.1. The fourth-order valence-electron chi connectivity index (χ4n) is 3.38. The number of sulfonamides is 1. The Balaban J connectivity index is 1.24. The van der Waals surface area contributed by atoms with E-state index in [0.29, 0.717) is 39.8 Å². The topological polar surface area (TPSA) is 125 Å². The second kappa shape index (κ2) is 8.60. The molecule has 0 aliphatic heterocycles. The summed E-state index contributed by atoms with van der Waals surface area (Å²) in [7, 11) is -3.70. The lowest BCUT2D eigenvalue weighted by atomic mass is 10.2. The SMILES string of the molecule is Cc1ncn(-c2ccc(Oc3ccc(NS(=O)(=O)Cc4noc5ccccc45)cc3)nn2)c1C. The van der Waals surface area contributed by atoms with Crippen LogP contribution in [0.15, 0.2) is 71.5 Å². The molecule has 3 aromatic heterocycles. The van der Waals surface area contributed by atoms with Crippen LogP contribution >= 0.6 is 0 Å². The number of ether oxygens (including phenoxy) is 1. The van der Waals surface area contributed by atoms with Gasteiger partial charge < -0.3 is 9.26 Å². The van der Waals surface area contributed by atoms with Crippen molar-refractivity contribution in [2.24, 2.45) is 0 Å². The van der Waals surface area contributed by atoms with E-state index in [2.05, 4.69) is 25.1 Å². The van der Waals surface area contributed by atoms with E-state index in [1.165, 1.54) is 0 Å². The highest BCUT2D eigenvalue weighted by Gasteiger charge is 2.17. The van der Waals surface area contributed by atoms with Crippen LogP contribution in [0.4, 0.5) is 5.69 Å². The Bertz CT molecular complexity index is 1560. The number of hydrogen-bond acceptors (Lipinski definition) is 8. The molecule has 0 spiro atoms. The average Bonchev–Trinajstić information content (AvgIpc) is 3.38. The first kappa shape index (κ1) is 21.6. The van der Waals surface area contributed by atoms with Crippen molar-refractivity contribution < 1.29 is 17.7 Å². The molecule has 34 heavy (non-hydrogen) atoms. The zero-order valence-corrected chi connectivity index (χ0v) is 19.2. The molecular weight excluding hydrogens is 456 g/mol. The van der Waals surface area contributed by atoms with E-state index >= 15 is 0 Å². The zero-order valence-electron chi connectivity index (χ0n) is 18.3. The Morgan fingerprint density at radius 3 is 2.50 bits per heavy atom. The van der Waals surface area contributed by atoms with Crippen LogP contribution in [0, 0.1) is 13.8 Å². The monoisotopic (exact) mass is 476 g/mol. The van der Waals surface area contributed by atoms with Gasteiger partial charge in [-0.25, -0.2) is 13.4 Å². The van der Waals surface area contributed by atoms with E-state index in [0.717, 1.165) is 11.4 Å². The van der Waals surface area contributed by atoms with Crippen LogP contribution in [0.3, 0.4) is 0 Å². The van der Waals surface area contributed by atoms with Crippen LogP contribution in [-0.2, 0) is 15.8 Å². The number of aromatic nitrogens is 5. The van der Waals surface area contributed by atoms with E-state index in [4.69, 9.17) is 9.26 Å². The maximum atomic E-state index is 12.6. The summed E-state index contributed by atoms with van der Waals surface area (Å²) >= 11 is 0. The maximum absolute atomic E-state index is 12.6. The number of nitrogens with one attached hydrogen (secondary N) is 1. The van der Waals surface area contributed by atoms with Gasteiger partial charge in [-0.05, 0) is 56.3 Å². The van der Waals surface area contributed by atoms with Crippen molar-refractivity contribution in [3.05, 3.63) is 84.1 Å². The van der Waals surface area contributed by atoms with Crippen LogP contribution in [0.2, 0.25) is 0 Å². The minimum absolute atomic E-state index is 0.305. The molecule has 0 bridgehead atoms. The number of benzene rings is 2. The molecular formula is C23H20N6O4S. The first-order valence-electron chi connectivity index (χ1n) is 10.3. The van der Waals surface area contributed by atoms with Crippen LogP contribution in [0.1, 0.15) is 17.1 Å². The van der Waals surface area contributed by atoms with Gasteiger partial charge in [-0.3, -0.25) is 9.29 Å².